The molecule has 1 aliphatic carbocycles. The number of rotatable bonds is 6. The van der Waals surface area contributed by atoms with Crippen LogP contribution in [0.15, 0.2) is 0 Å². The predicted octanol–water partition coefficient (Wildman–Crippen LogP) is 1.68. The molecule has 0 aromatic rings. The molecule has 1 aliphatic rings. The quantitative estimate of drug-likeness (QED) is 0.688. The Morgan fingerprint density at radius 2 is 1.89 bits per heavy atom. The van der Waals surface area contributed by atoms with Crippen LogP contribution in [0.5, 0.6) is 0 Å². The number of hydrogen-bond acceptors (Lipinski definition) is 3. The van der Waals surface area contributed by atoms with Crippen LogP contribution >= 0.6 is 0 Å². The molecule has 4 heteroatoms. The van der Waals surface area contributed by atoms with E-state index in [1.807, 2.05) is 6.92 Å². The molecule has 0 aromatic carbocycles. The first-order valence-electron chi connectivity index (χ1n) is 7.56. The SMILES string of the molecule is CC(C)CNC(=O)C(C)NCC1(O)CCC(C)CC1. The highest BCUT2D eigenvalue weighted by molar-refractivity contribution is 5.81. The molecule has 1 unspecified atom stereocenters. The normalized spacial score (nSPS) is 29.3. The van der Waals surface area contributed by atoms with Crippen molar-refractivity contribution in [1.29, 1.82) is 0 Å². The first kappa shape index (κ1) is 16.4. The third-order valence-electron chi connectivity index (χ3n) is 4.02. The molecule has 112 valence electrons. The van der Waals surface area contributed by atoms with Crippen molar-refractivity contribution < 1.29 is 9.90 Å². The van der Waals surface area contributed by atoms with Gasteiger partial charge >= 0.3 is 0 Å². The van der Waals surface area contributed by atoms with Crippen molar-refractivity contribution in [2.45, 2.75) is 65.0 Å². The zero-order chi connectivity index (χ0) is 14.5. The molecular formula is C15H30N2O2. The number of nitrogens with one attached hydrogen (secondary N) is 2. The zero-order valence-electron chi connectivity index (χ0n) is 12.8. The standard InChI is InChI=1S/C15H30N2O2/c1-11(2)9-16-14(18)13(4)17-10-15(19)7-5-12(3)6-8-15/h11-13,17,19H,5-10H2,1-4H3,(H,16,18). The van der Waals surface area contributed by atoms with Gasteiger partial charge in [-0.25, -0.2) is 0 Å². The lowest BCUT2D eigenvalue weighted by Crippen LogP contribution is -2.50. The molecule has 0 spiro atoms. The van der Waals surface area contributed by atoms with Crippen LogP contribution in [0.3, 0.4) is 0 Å². The monoisotopic (exact) mass is 270 g/mol. The highest BCUT2D eigenvalue weighted by atomic mass is 16.3. The van der Waals surface area contributed by atoms with E-state index in [9.17, 15) is 9.90 Å². The van der Waals surface area contributed by atoms with Gasteiger partial charge in [-0.05, 0) is 44.4 Å². The maximum Gasteiger partial charge on any atom is 0.236 e. The van der Waals surface area contributed by atoms with Gasteiger partial charge in [0.15, 0.2) is 0 Å². The Hall–Kier alpha value is -0.610. The largest absolute Gasteiger partial charge is 0.389 e. The second kappa shape index (κ2) is 7.25. The van der Waals surface area contributed by atoms with Crippen LogP contribution in [0.2, 0.25) is 0 Å². The van der Waals surface area contributed by atoms with Gasteiger partial charge in [0, 0.05) is 13.1 Å². The van der Waals surface area contributed by atoms with Crippen LogP contribution < -0.4 is 10.6 Å². The summed E-state index contributed by atoms with van der Waals surface area (Å²) < 4.78 is 0. The maximum absolute atomic E-state index is 11.8. The predicted molar refractivity (Wildman–Crippen MR) is 77.9 cm³/mol. The Bertz CT molecular complexity index is 284. The molecular weight excluding hydrogens is 240 g/mol. The number of aliphatic hydroxyl groups is 1. The van der Waals surface area contributed by atoms with Crippen molar-refractivity contribution in [3.05, 3.63) is 0 Å². The first-order chi connectivity index (χ1) is 8.82. The maximum atomic E-state index is 11.8. The topological polar surface area (TPSA) is 61.4 Å². The molecule has 0 radical (unpaired) electrons. The van der Waals surface area contributed by atoms with Gasteiger partial charge in [0.25, 0.3) is 0 Å². The zero-order valence-corrected chi connectivity index (χ0v) is 12.8. The summed E-state index contributed by atoms with van der Waals surface area (Å²) in [6.45, 7) is 9.44. The lowest BCUT2D eigenvalue weighted by Gasteiger charge is -2.35. The van der Waals surface area contributed by atoms with Crippen molar-refractivity contribution in [3.63, 3.8) is 0 Å². The van der Waals surface area contributed by atoms with Crippen LogP contribution in [0.1, 0.15) is 53.4 Å². The fourth-order valence-electron chi connectivity index (χ4n) is 2.37. The summed E-state index contributed by atoms with van der Waals surface area (Å²) >= 11 is 0. The molecule has 1 saturated carbocycles. The van der Waals surface area contributed by atoms with Crippen molar-refractivity contribution in [2.24, 2.45) is 11.8 Å². The van der Waals surface area contributed by atoms with E-state index < -0.39 is 5.60 Å². The summed E-state index contributed by atoms with van der Waals surface area (Å²) in [4.78, 5) is 11.8. The van der Waals surface area contributed by atoms with Crippen molar-refractivity contribution in [3.8, 4) is 0 Å². The summed E-state index contributed by atoms with van der Waals surface area (Å²) in [6.07, 6.45) is 3.82. The minimum Gasteiger partial charge on any atom is -0.389 e. The van der Waals surface area contributed by atoms with E-state index in [0.717, 1.165) is 25.7 Å². The van der Waals surface area contributed by atoms with E-state index in [2.05, 4.69) is 31.4 Å². The van der Waals surface area contributed by atoms with E-state index >= 15 is 0 Å². The van der Waals surface area contributed by atoms with Gasteiger partial charge in [-0.15, -0.1) is 0 Å². The van der Waals surface area contributed by atoms with Crippen molar-refractivity contribution >= 4 is 5.91 Å². The van der Waals surface area contributed by atoms with E-state index in [-0.39, 0.29) is 11.9 Å². The fourth-order valence-corrected chi connectivity index (χ4v) is 2.37. The Kier molecular flexibility index (Phi) is 6.27. The number of amides is 1. The summed E-state index contributed by atoms with van der Waals surface area (Å²) in [5.41, 5.74) is -0.626. The van der Waals surface area contributed by atoms with Crippen LogP contribution in [-0.2, 0) is 4.79 Å². The van der Waals surface area contributed by atoms with Gasteiger partial charge in [-0.3, -0.25) is 4.79 Å². The van der Waals surface area contributed by atoms with Crippen molar-refractivity contribution in [1.82, 2.24) is 10.6 Å². The van der Waals surface area contributed by atoms with Gasteiger partial charge in [0.2, 0.25) is 5.91 Å². The molecule has 0 bridgehead atoms. The van der Waals surface area contributed by atoms with Crippen LogP contribution in [0.4, 0.5) is 0 Å². The molecule has 1 amide bonds. The minimum atomic E-state index is -0.626. The van der Waals surface area contributed by atoms with Crippen LogP contribution in [0, 0.1) is 11.8 Å². The summed E-state index contributed by atoms with van der Waals surface area (Å²) in [6, 6.07) is -0.248. The third kappa shape index (κ3) is 5.91. The molecule has 1 atom stereocenters. The molecule has 1 fully saturated rings. The second-order valence-electron chi connectivity index (χ2n) is 6.65. The molecule has 19 heavy (non-hydrogen) atoms. The summed E-state index contributed by atoms with van der Waals surface area (Å²) in [5.74, 6) is 1.19. The smallest absolute Gasteiger partial charge is 0.236 e. The highest BCUT2D eigenvalue weighted by Gasteiger charge is 2.32. The molecule has 3 N–H and O–H groups in total. The number of carbonyl (C=O) groups excluding carboxylic acids is 1. The Labute approximate surface area is 117 Å². The Morgan fingerprint density at radius 1 is 1.32 bits per heavy atom. The molecule has 0 aliphatic heterocycles. The van der Waals surface area contributed by atoms with Gasteiger partial charge < -0.3 is 15.7 Å². The second-order valence-corrected chi connectivity index (χ2v) is 6.65. The molecule has 0 aromatic heterocycles. The minimum absolute atomic E-state index is 0.0153. The van der Waals surface area contributed by atoms with Gasteiger partial charge in [0.05, 0.1) is 11.6 Å². The number of hydrogen-bond donors (Lipinski definition) is 3. The fraction of sp³-hybridized carbons (Fsp3) is 0.933. The summed E-state index contributed by atoms with van der Waals surface area (Å²) in [7, 11) is 0. The molecule has 1 rings (SSSR count). The average molecular weight is 270 g/mol. The van der Waals surface area contributed by atoms with E-state index in [1.165, 1.54) is 0 Å². The van der Waals surface area contributed by atoms with E-state index in [4.69, 9.17) is 0 Å². The van der Waals surface area contributed by atoms with Gasteiger partial charge in [0.1, 0.15) is 0 Å². The lowest BCUT2D eigenvalue weighted by molar-refractivity contribution is -0.123. The van der Waals surface area contributed by atoms with Crippen molar-refractivity contribution in [2.75, 3.05) is 13.1 Å². The van der Waals surface area contributed by atoms with E-state index in [0.29, 0.717) is 24.9 Å². The first-order valence-corrected chi connectivity index (χ1v) is 7.56. The van der Waals surface area contributed by atoms with Crippen LogP contribution in [-0.4, -0.2) is 35.7 Å². The molecule has 0 saturated heterocycles. The number of carbonyl (C=O) groups is 1. The van der Waals surface area contributed by atoms with Gasteiger partial charge in [-0.2, -0.15) is 0 Å². The van der Waals surface area contributed by atoms with E-state index in [1.54, 1.807) is 0 Å². The van der Waals surface area contributed by atoms with Crippen LogP contribution in [0.25, 0.3) is 0 Å². The molecule has 0 heterocycles. The molecule has 4 nitrogen and oxygen atoms in total. The lowest BCUT2D eigenvalue weighted by atomic mass is 9.79. The highest BCUT2D eigenvalue weighted by Crippen LogP contribution is 2.31. The third-order valence-corrected chi connectivity index (χ3v) is 4.02. The summed E-state index contributed by atoms with van der Waals surface area (Å²) in [5, 5.41) is 16.5. The van der Waals surface area contributed by atoms with Gasteiger partial charge in [-0.1, -0.05) is 20.8 Å². The Balaban J connectivity index is 2.29. The Morgan fingerprint density at radius 3 is 2.42 bits per heavy atom. The average Bonchev–Trinajstić information content (AvgIpc) is 2.37.